The number of methoxy groups -OCH3 is 1. The highest BCUT2D eigenvalue weighted by atomic mass is 16.5. The molecule has 0 bridgehead atoms. The number of hydrogen-bond acceptors (Lipinski definition) is 2. The van der Waals surface area contributed by atoms with Gasteiger partial charge < -0.3 is 4.74 Å². The van der Waals surface area contributed by atoms with Crippen molar-refractivity contribution in [2.75, 3.05) is 7.11 Å². The van der Waals surface area contributed by atoms with Crippen LogP contribution in [0.5, 0.6) is 0 Å². The summed E-state index contributed by atoms with van der Waals surface area (Å²) in [6.07, 6.45) is 5.93. The second-order valence-corrected chi connectivity index (χ2v) is 4.14. The van der Waals surface area contributed by atoms with Gasteiger partial charge in [0.2, 0.25) is 0 Å². The summed E-state index contributed by atoms with van der Waals surface area (Å²) in [5.74, 6) is 0.268. The van der Waals surface area contributed by atoms with Crippen LogP contribution < -0.4 is 0 Å². The zero-order valence-electron chi connectivity index (χ0n) is 9.43. The molecule has 1 aliphatic carbocycles. The molecule has 16 heavy (non-hydrogen) atoms. The first-order valence-corrected chi connectivity index (χ1v) is 5.60. The quantitative estimate of drug-likeness (QED) is 0.561. The van der Waals surface area contributed by atoms with E-state index < -0.39 is 0 Å². The zero-order valence-corrected chi connectivity index (χ0v) is 9.43. The maximum absolute atomic E-state index is 11.5. The Hall–Kier alpha value is -1.57. The van der Waals surface area contributed by atoms with Crippen molar-refractivity contribution in [2.24, 2.45) is 5.92 Å². The van der Waals surface area contributed by atoms with Crippen LogP contribution in [0.25, 0.3) is 0 Å². The Kier molecular flexibility index (Phi) is 3.40. The number of allylic oxidation sites excluding steroid dienone is 2. The Balaban J connectivity index is 2.11. The molecule has 0 N–H and O–H groups in total. The fourth-order valence-electron chi connectivity index (χ4n) is 2.19. The molecule has 0 heterocycles. The van der Waals surface area contributed by atoms with Gasteiger partial charge in [-0.05, 0) is 18.4 Å². The molecule has 2 atom stereocenters. The van der Waals surface area contributed by atoms with Gasteiger partial charge in [0.1, 0.15) is 0 Å². The van der Waals surface area contributed by atoms with Crippen LogP contribution in [0.2, 0.25) is 0 Å². The topological polar surface area (TPSA) is 26.3 Å². The Bertz CT molecular complexity index is 381. The van der Waals surface area contributed by atoms with Gasteiger partial charge in [0, 0.05) is 5.92 Å². The lowest BCUT2D eigenvalue weighted by molar-refractivity contribution is -0.145. The van der Waals surface area contributed by atoms with Crippen LogP contribution >= 0.6 is 0 Å². The van der Waals surface area contributed by atoms with E-state index >= 15 is 0 Å². The molecule has 0 unspecified atom stereocenters. The van der Waals surface area contributed by atoms with Gasteiger partial charge in [0.25, 0.3) is 0 Å². The van der Waals surface area contributed by atoms with E-state index in [4.69, 9.17) is 4.74 Å². The van der Waals surface area contributed by atoms with Crippen LogP contribution in [0.4, 0.5) is 0 Å². The first kappa shape index (κ1) is 10.9. The van der Waals surface area contributed by atoms with Crippen molar-refractivity contribution in [1.29, 1.82) is 0 Å². The van der Waals surface area contributed by atoms with Crippen LogP contribution in [0.3, 0.4) is 0 Å². The fraction of sp³-hybridized carbons (Fsp3) is 0.357. The molecule has 2 heteroatoms. The van der Waals surface area contributed by atoms with Gasteiger partial charge in [0.15, 0.2) is 0 Å². The predicted molar refractivity (Wildman–Crippen MR) is 63.1 cm³/mol. The smallest absolute Gasteiger partial charge is 0.309 e. The third-order valence-electron chi connectivity index (χ3n) is 3.09. The van der Waals surface area contributed by atoms with Gasteiger partial charge in [-0.1, -0.05) is 42.5 Å². The summed E-state index contributed by atoms with van der Waals surface area (Å²) in [6.45, 7) is 0. The largest absolute Gasteiger partial charge is 0.469 e. The number of hydrogen-bond donors (Lipinski definition) is 0. The third-order valence-corrected chi connectivity index (χ3v) is 3.09. The monoisotopic (exact) mass is 216 g/mol. The average Bonchev–Trinajstić information content (AvgIpc) is 2.39. The van der Waals surface area contributed by atoms with Gasteiger partial charge >= 0.3 is 5.97 Å². The van der Waals surface area contributed by atoms with Crippen molar-refractivity contribution in [2.45, 2.75) is 18.8 Å². The molecule has 0 aliphatic heterocycles. The number of benzene rings is 1. The Morgan fingerprint density at radius 2 is 2.06 bits per heavy atom. The van der Waals surface area contributed by atoms with Crippen molar-refractivity contribution in [3.05, 3.63) is 48.0 Å². The summed E-state index contributed by atoms with van der Waals surface area (Å²) in [5.41, 5.74) is 1.27. The van der Waals surface area contributed by atoms with E-state index in [9.17, 15) is 4.79 Å². The summed E-state index contributed by atoms with van der Waals surface area (Å²) < 4.78 is 4.80. The van der Waals surface area contributed by atoms with Gasteiger partial charge in [-0.25, -0.2) is 0 Å². The zero-order chi connectivity index (χ0) is 11.4. The molecule has 0 aromatic heterocycles. The van der Waals surface area contributed by atoms with Gasteiger partial charge in [0.05, 0.1) is 13.0 Å². The van der Waals surface area contributed by atoms with Crippen LogP contribution in [0.15, 0.2) is 42.5 Å². The molecule has 0 spiro atoms. The van der Waals surface area contributed by atoms with E-state index in [2.05, 4.69) is 24.3 Å². The lowest BCUT2D eigenvalue weighted by Crippen LogP contribution is -2.20. The Morgan fingerprint density at radius 3 is 2.75 bits per heavy atom. The molecule has 0 amide bonds. The minimum atomic E-state index is -0.0923. The number of rotatable bonds is 2. The lowest BCUT2D eigenvalue weighted by Gasteiger charge is -2.23. The molecule has 1 aliphatic rings. The SMILES string of the molecule is COC(=O)[C@@H]1CC=C[C@@H](c2ccccc2)C1. The minimum Gasteiger partial charge on any atom is -0.469 e. The highest BCUT2D eigenvalue weighted by Crippen LogP contribution is 2.31. The molecule has 0 saturated carbocycles. The van der Waals surface area contributed by atoms with Crippen molar-refractivity contribution in [3.63, 3.8) is 0 Å². The van der Waals surface area contributed by atoms with Crippen molar-refractivity contribution < 1.29 is 9.53 Å². The van der Waals surface area contributed by atoms with E-state index in [1.54, 1.807) is 0 Å². The van der Waals surface area contributed by atoms with E-state index in [1.807, 2.05) is 18.2 Å². The normalized spacial score (nSPS) is 24.1. The highest BCUT2D eigenvalue weighted by molar-refractivity contribution is 5.72. The van der Waals surface area contributed by atoms with Crippen molar-refractivity contribution in [1.82, 2.24) is 0 Å². The van der Waals surface area contributed by atoms with Crippen LogP contribution in [-0.2, 0) is 9.53 Å². The summed E-state index contributed by atoms with van der Waals surface area (Å²) in [6, 6.07) is 10.3. The second kappa shape index (κ2) is 4.97. The van der Waals surface area contributed by atoms with Gasteiger partial charge in [-0.3, -0.25) is 4.79 Å². The first-order valence-electron chi connectivity index (χ1n) is 5.60. The van der Waals surface area contributed by atoms with E-state index in [0.717, 1.165) is 12.8 Å². The average molecular weight is 216 g/mol. The van der Waals surface area contributed by atoms with E-state index in [1.165, 1.54) is 12.7 Å². The molecule has 2 rings (SSSR count). The van der Waals surface area contributed by atoms with Gasteiger partial charge in [-0.15, -0.1) is 0 Å². The molecular formula is C14H16O2. The maximum Gasteiger partial charge on any atom is 0.309 e. The van der Waals surface area contributed by atoms with Crippen molar-refractivity contribution >= 4 is 5.97 Å². The lowest BCUT2D eigenvalue weighted by atomic mass is 9.83. The first-order chi connectivity index (χ1) is 7.81. The molecule has 84 valence electrons. The third kappa shape index (κ3) is 2.32. The maximum atomic E-state index is 11.5. The second-order valence-electron chi connectivity index (χ2n) is 4.14. The van der Waals surface area contributed by atoms with Crippen molar-refractivity contribution in [3.8, 4) is 0 Å². The number of ether oxygens (including phenoxy) is 1. The molecule has 2 nitrogen and oxygen atoms in total. The number of carbonyl (C=O) groups excluding carboxylic acids is 1. The molecule has 1 aromatic rings. The summed E-state index contributed by atoms with van der Waals surface area (Å²) in [4.78, 5) is 11.5. The van der Waals surface area contributed by atoms with Crippen LogP contribution in [-0.4, -0.2) is 13.1 Å². The Labute approximate surface area is 95.9 Å². The molecular weight excluding hydrogens is 200 g/mol. The van der Waals surface area contributed by atoms with E-state index in [0.29, 0.717) is 5.92 Å². The standard InChI is InChI=1S/C14H16O2/c1-16-14(15)13-9-5-8-12(10-13)11-6-3-2-4-7-11/h2-8,12-13H,9-10H2,1H3/t12-,13-/m1/s1. The molecule has 0 saturated heterocycles. The van der Waals surface area contributed by atoms with Gasteiger partial charge in [-0.2, -0.15) is 0 Å². The Morgan fingerprint density at radius 1 is 1.31 bits per heavy atom. The summed E-state index contributed by atoms with van der Waals surface area (Å²) in [7, 11) is 1.46. The van der Waals surface area contributed by atoms with E-state index in [-0.39, 0.29) is 11.9 Å². The molecule has 1 aromatic carbocycles. The van der Waals surface area contributed by atoms with Crippen LogP contribution in [0, 0.1) is 5.92 Å². The highest BCUT2D eigenvalue weighted by Gasteiger charge is 2.25. The summed E-state index contributed by atoms with van der Waals surface area (Å²) in [5, 5.41) is 0. The number of esters is 1. The fourth-order valence-corrected chi connectivity index (χ4v) is 2.19. The predicted octanol–water partition coefficient (Wildman–Crippen LogP) is 2.91. The summed E-state index contributed by atoms with van der Waals surface area (Å²) >= 11 is 0. The molecule has 0 fully saturated rings. The molecule has 0 radical (unpaired) electrons. The number of carbonyl (C=O) groups is 1. The minimum absolute atomic E-state index is 0.0141. The van der Waals surface area contributed by atoms with Crippen LogP contribution in [0.1, 0.15) is 24.3 Å².